The molecule has 0 saturated carbocycles. The largest absolute Gasteiger partial charge is 0.366 e. The van der Waals surface area contributed by atoms with Gasteiger partial charge in [-0.1, -0.05) is 32.6 Å². The second-order valence-electron chi connectivity index (χ2n) is 4.72. The lowest BCUT2D eigenvalue weighted by Gasteiger charge is -2.14. The van der Waals surface area contributed by atoms with E-state index in [0.29, 0.717) is 11.7 Å². The lowest BCUT2D eigenvalue weighted by atomic mass is 10.1. The van der Waals surface area contributed by atoms with Gasteiger partial charge in [-0.15, -0.1) is 0 Å². The predicted octanol–water partition coefficient (Wildman–Crippen LogP) is 3.12. The summed E-state index contributed by atoms with van der Waals surface area (Å²) in [5.74, 6) is 0.848. The minimum absolute atomic E-state index is 0.420. The molecule has 2 aromatic rings. The summed E-state index contributed by atoms with van der Waals surface area (Å²) in [6.07, 6.45) is 9.55. The highest BCUT2D eigenvalue weighted by atomic mass is 15.1. The molecule has 0 spiro atoms. The van der Waals surface area contributed by atoms with Gasteiger partial charge in [-0.05, 0) is 13.3 Å². The lowest BCUT2D eigenvalue weighted by Crippen LogP contribution is -2.16. The normalized spacial score (nSPS) is 12.8. The molecule has 0 bridgehead atoms. The first kappa shape index (κ1) is 12.8. The molecule has 1 atom stereocenters. The molecule has 0 aliphatic carbocycles. The number of imidazole rings is 1. The standard InChI is InChI=1S/C13H21N5/c1-3-4-5-6-7-10(2)18-13-11-12(15-8-14-11)16-9-17-13/h8-10H,3-7H2,1-2H3,(H2,14,15,16,17,18). The van der Waals surface area contributed by atoms with Crippen LogP contribution in [0.1, 0.15) is 46.0 Å². The van der Waals surface area contributed by atoms with Gasteiger partial charge in [0.2, 0.25) is 0 Å². The Labute approximate surface area is 107 Å². The van der Waals surface area contributed by atoms with Crippen molar-refractivity contribution >= 4 is 17.0 Å². The molecule has 0 aromatic carbocycles. The van der Waals surface area contributed by atoms with Crippen LogP contribution >= 0.6 is 0 Å². The summed E-state index contributed by atoms with van der Waals surface area (Å²) in [7, 11) is 0. The van der Waals surface area contributed by atoms with Crippen LogP contribution < -0.4 is 5.32 Å². The Morgan fingerprint density at radius 1 is 1.22 bits per heavy atom. The maximum absolute atomic E-state index is 4.27. The van der Waals surface area contributed by atoms with Crippen molar-refractivity contribution < 1.29 is 0 Å². The molecule has 18 heavy (non-hydrogen) atoms. The van der Waals surface area contributed by atoms with Crippen molar-refractivity contribution in [2.45, 2.75) is 52.0 Å². The molecule has 5 nitrogen and oxygen atoms in total. The Morgan fingerprint density at radius 2 is 2.11 bits per heavy atom. The van der Waals surface area contributed by atoms with E-state index in [-0.39, 0.29) is 0 Å². The number of rotatable bonds is 7. The third-order valence-electron chi connectivity index (χ3n) is 3.10. The van der Waals surface area contributed by atoms with Crippen molar-refractivity contribution in [3.8, 4) is 0 Å². The summed E-state index contributed by atoms with van der Waals surface area (Å²) in [5, 5.41) is 3.43. The number of nitrogens with one attached hydrogen (secondary N) is 2. The Hall–Kier alpha value is -1.65. The molecule has 2 rings (SSSR count). The zero-order valence-corrected chi connectivity index (χ0v) is 11.1. The van der Waals surface area contributed by atoms with Crippen LogP contribution in [-0.4, -0.2) is 26.0 Å². The Kier molecular flexibility index (Phi) is 4.50. The molecule has 2 aromatic heterocycles. The van der Waals surface area contributed by atoms with E-state index >= 15 is 0 Å². The minimum Gasteiger partial charge on any atom is -0.366 e. The number of hydrogen-bond acceptors (Lipinski definition) is 4. The third-order valence-corrected chi connectivity index (χ3v) is 3.10. The second kappa shape index (κ2) is 6.33. The zero-order chi connectivity index (χ0) is 12.8. The van der Waals surface area contributed by atoms with Gasteiger partial charge in [0, 0.05) is 6.04 Å². The van der Waals surface area contributed by atoms with E-state index in [9.17, 15) is 0 Å². The van der Waals surface area contributed by atoms with Gasteiger partial charge in [-0.2, -0.15) is 0 Å². The molecular weight excluding hydrogens is 226 g/mol. The number of H-pyrrole nitrogens is 1. The fourth-order valence-electron chi connectivity index (χ4n) is 2.06. The quantitative estimate of drug-likeness (QED) is 0.738. The molecule has 0 saturated heterocycles. The molecule has 0 aliphatic rings. The van der Waals surface area contributed by atoms with Crippen LogP contribution in [0.15, 0.2) is 12.7 Å². The first-order valence-electron chi connectivity index (χ1n) is 6.72. The molecule has 1 unspecified atom stereocenters. The average Bonchev–Trinajstić information content (AvgIpc) is 2.84. The van der Waals surface area contributed by atoms with Gasteiger partial charge in [0.25, 0.3) is 0 Å². The Balaban J connectivity index is 1.90. The molecule has 2 N–H and O–H groups in total. The van der Waals surface area contributed by atoms with Crippen molar-refractivity contribution in [2.75, 3.05) is 5.32 Å². The maximum Gasteiger partial charge on any atom is 0.182 e. The predicted molar refractivity (Wildman–Crippen MR) is 73.5 cm³/mol. The number of hydrogen-bond donors (Lipinski definition) is 2. The molecule has 0 amide bonds. The minimum atomic E-state index is 0.420. The summed E-state index contributed by atoms with van der Waals surface area (Å²) in [6.45, 7) is 4.42. The van der Waals surface area contributed by atoms with Crippen LogP contribution in [0.3, 0.4) is 0 Å². The molecule has 5 heteroatoms. The van der Waals surface area contributed by atoms with Crippen molar-refractivity contribution in [3.05, 3.63) is 12.7 Å². The van der Waals surface area contributed by atoms with Gasteiger partial charge in [-0.3, -0.25) is 0 Å². The number of fused-ring (bicyclic) bond motifs is 1. The van der Waals surface area contributed by atoms with Gasteiger partial charge in [0.1, 0.15) is 11.8 Å². The molecule has 2 heterocycles. The Morgan fingerprint density at radius 3 is 2.94 bits per heavy atom. The van der Waals surface area contributed by atoms with Gasteiger partial charge in [0.05, 0.1) is 6.33 Å². The number of aromatic nitrogens is 4. The molecule has 0 fully saturated rings. The SMILES string of the molecule is CCCCCCC(C)Nc1ncnc2nc[nH]c12. The molecular formula is C13H21N5. The smallest absolute Gasteiger partial charge is 0.182 e. The van der Waals surface area contributed by atoms with E-state index in [4.69, 9.17) is 0 Å². The van der Waals surface area contributed by atoms with Gasteiger partial charge in [-0.25, -0.2) is 15.0 Å². The second-order valence-corrected chi connectivity index (χ2v) is 4.72. The van der Waals surface area contributed by atoms with Crippen molar-refractivity contribution in [1.82, 2.24) is 19.9 Å². The molecule has 98 valence electrons. The fourth-order valence-corrected chi connectivity index (χ4v) is 2.06. The third kappa shape index (κ3) is 3.18. The summed E-state index contributed by atoms with van der Waals surface area (Å²) < 4.78 is 0. The first-order valence-corrected chi connectivity index (χ1v) is 6.72. The maximum atomic E-state index is 4.27. The zero-order valence-electron chi connectivity index (χ0n) is 11.1. The first-order chi connectivity index (χ1) is 8.81. The van der Waals surface area contributed by atoms with E-state index in [1.165, 1.54) is 32.1 Å². The van der Waals surface area contributed by atoms with Crippen LogP contribution in [-0.2, 0) is 0 Å². The van der Waals surface area contributed by atoms with Gasteiger partial charge in [0.15, 0.2) is 11.5 Å². The number of aromatic amines is 1. The molecule has 0 radical (unpaired) electrons. The Bertz CT molecular complexity index is 479. The van der Waals surface area contributed by atoms with Gasteiger partial charge < -0.3 is 10.3 Å². The van der Waals surface area contributed by atoms with E-state index in [2.05, 4.69) is 39.1 Å². The van der Waals surface area contributed by atoms with Crippen molar-refractivity contribution in [1.29, 1.82) is 0 Å². The fraction of sp³-hybridized carbons (Fsp3) is 0.615. The van der Waals surface area contributed by atoms with E-state index in [1.807, 2.05) is 0 Å². The molecule has 0 aliphatic heterocycles. The van der Waals surface area contributed by atoms with Crippen LogP contribution in [0, 0.1) is 0 Å². The van der Waals surface area contributed by atoms with Crippen LogP contribution in [0.5, 0.6) is 0 Å². The summed E-state index contributed by atoms with van der Waals surface area (Å²) in [6, 6.07) is 0.420. The lowest BCUT2D eigenvalue weighted by molar-refractivity contribution is 0.593. The van der Waals surface area contributed by atoms with Gasteiger partial charge >= 0.3 is 0 Å². The van der Waals surface area contributed by atoms with Crippen LogP contribution in [0.4, 0.5) is 5.82 Å². The van der Waals surface area contributed by atoms with Crippen LogP contribution in [0.2, 0.25) is 0 Å². The van der Waals surface area contributed by atoms with Crippen LogP contribution in [0.25, 0.3) is 11.2 Å². The van der Waals surface area contributed by atoms with Crippen molar-refractivity contribution in [3.63, 3.8) is 0 Å². The highest BCUT2D eigenvalue weighted by molar-refractivity contribution is 5.81. The number of nitrogens with zero attached hydrogens (tertiary/aromatic N) is 3. The number of unbranched alkanes of at least 4 members (excludes halogenated alkanes) is 3. The summed E-state index contributed by atoms with van der Waals surface area (Å²) >= 11 is 0. The van der Waals surface area contributed by atoms with Crippen molar-refractivity contribution in [2.24, 2.45) is 0 Å². The average molecular weight is 247 g/mol. The summed E-state index contributed by atoms with van der Waals surface area (Å²) in [5.41, 5.74) is 1.60. The number of anilines is 1. The highest BCUT2D eigenvalue weighted by Gasteiger charge is 2.08. The van der Waals surface area contributed by atoms with E-state index in [0.717, 1.165) is 11.3 Å². The van der Waals surface area contributed by atoms with E-state index < -0.39 is 0 Å². The highest BCUT2D eigenvalue weighted by Crippen LogP contribution is 2.17. The summed E-state index contributed by atoms with van der Waals surface area (Å²) in [4.78, 5) is 15.6. The van der Waals surface area contributed by atoms with E-state index in [1.54, 1.807) is 12.7 Å². The monoisotopic (exact) mass is 247 g/mol. The topological polar surface area (TPSA) is 66.5 Å².